The average Bonchev–Trinajstić information content (AvgIpc) is 2.95. The molecule has 0 spiro atoms. The number of nitrogens with zero attached hydrogens (tertiary/aromatic N) is 1. The number of hydrogen-bond acceptors (Lipinski definition) is 3. The molecule has 24 heavy (non-hydrogen) atoms. The molecule has 1 aliphatic heterocycles. The van der Waals surface area contributed by atoms with Crippen LogP contribution in [0.15, 0.2) is 59.5 Å². The highest BCUT2D eigenvalue weighted by Crippen LogP contribution is 2.24. The standard InChI is InChI=1S/C17H17FN2O3S/c18-14-5-4-8-16(10-14)24(22,23)19-11-13-9-17(21)20(12-13)15-6-2-1-3-7-15/h1-8,10,13,19H,9,11-12H2. The molecule has 1 saturated heterocycles. The van der Waals surface area contributed by atoms with E-state index >= 15 is 0 Å². The summed E-state index contributed by atoms with van der Waals surface area (Å²) in [7, 11) is -3.79. The molecular weight excluding hydrogens is 331 g/mol. The van der Waals surface area contributed by atoms with Gasteiger partial charge in [0.2, 0.25) is 15.9 Å². The minimum Gasteiger partial charge on any atom is -0.312 e. The van der Waals surface area contributed by atoms with Crippen molar-refractivity contribution in [1.82, 2.24) is 4.72 Å². The van der Waals surface area contributed by atoms with Crippen LogP contribution in [0, 0.1) is 11.7 Å². The Balaban J connectivity index is 1.65. The third-order valence-corrected chi connectivity index (χ3v) is 5.36. The van der Waals surface area contributed by atoms with Gasteiger partial charge < -0.3 is 4.90 Å². The molecule has 3 rings (SSSR count). The van der Waals surface area contributed by atoms with Gasteiger partial charge in [-0.1, -0.05) is 24.3 Å². The topological polar surface area (TPSA) is 66.5 Å². The Kier molecular flexibility index (Phi) is 4.64. The van der Waals surface area contributed by atoms with Crippen LogP contribution in [-0.4, -0.2) is 27.4 Å². The fourth-order valence-electron chi connectivity index (χ4n) is 2.72. The van der Waals surface area contributed by atoms with Crippen LogP contribution in [0.5, 0.6) is 0 Å². The van der Waals surface area contributed by atoms with Crippen LogP contribution in [0.1, 0.15) is 6.42 Å². The molecule has 0 saturated carbocycles. The molecular formula is C17H17FN2O3S. The smallest absolute Gasteiger partial charge is 0.240 e. The lowest BCUT2D eigenvalue weighted by molar-refractivity contribution is -0.117. The van der Waals surface area contributed by atoms with Gasteiger partial charge in [0.1, 0.15) is 5.82 Å². The van der Waals surface area contributed by atoms with E-state index in [-0.39, 0.29) is 29.7 Å². The fraction of sp³-hybridized carbons (Fsp3) is 0.235. The molecule has 1 N–H and O–H groups in total. The molecule has 2 aromatic rings. The summed E-state index contributed by atoms with van der Waals surface area (Å²) in [5.74, 6) is -0.763. The second kappa shape index (κ2) is 6.70. The van der Waals surface area contributed by atoms with Crippen molar-refractivity contribution in [2.45, 2.75) is 11.3 Å². The lowest BCUT2D eigenvalue weighted by Crippen LogP contribution is -2.31. The highest BCUT2D eigenvalue weighted by Gasteiger charge is 2.31. The number of rotatable bonds is 5. The number of benzene rings is 2. The van der Waals surface area contributed by atoms with E-state index in [2.05, 4.69) is 4.72 Å². The molecule has 0 radical (unpaired) electrons. The van der Waals surface area contributed by atoms with Crippen molar-refractivity contribution in [2.24, 2.45) is 5.92 Å². The van der Waals surface area contributed by atoms with Crippen LogP contribution in [0.2, 0.25) is 0 Å². The third-order valence-electron chi connectivity index (χ3n) is 3.94. The Bertz CT molecular complexity index is 840. The molecule has 1 amide bonds. The fourth-order valence-corrected chi connectivity index (χ4v) is 3.87. The molecule has 0 aliphatic carbocycles. The second-order valence-corrected chi connectivity index (χ2v) is 7.49. The SMILES string of the molecule is O=C1CC(CNS(=O)(=O)c2cccc(F)c2)CN1c1ccccc1. The number of anilines is 1. The summed E-state index contributed by atoms with van der Waals surface area (Å²) in [6, 6.07) is 14.1. The zero-order valence-electron chi connectivity index (χ0n) is 12.9. The highest BCUT2D eigenvalue weighted by molar-refractivity contribution is 7.89. The molecule has 1 unspecified atom stereocenters. The maximum atomic E-state index is 13.2. The van der Waals surface area contributed by atoms with Gasteiger partial charge in [0.25, 0.3) is 0 Å². The average molecular weight is 348 g/mol. The number of carbonyl (C=O) groups excluding carboxylic acids is 1. The van der Waals surface area contributed by atoms with Crippen molar-refractivity contribution in [3.8, 4) is 0 Å². The second-order valence-electron chi connectivity index (χ2n) is 5.72. The summed E-state index contributed by atoms with van der Waals surface area (Å²) in [4.78, 5) is 13.7. The molecule has 2 aromatic carbocycles. The van der Waals surface area contributed by atoms with Crippen LogP contribution >= 0.6 is 0 Å². The first-order valence-corrected chi connectivity index (χ1v) is 9.05. The zero-order chi connectivity index (χ0) is 17.2. The number of hydrogen-bond donors (Lipinski definition) is 1. The Morgan fingerprint density at radius 1 is 1.12 bits per heavy atom. The quantitative estimate of drug-likeness (QED) is 0.900. The minimum absolute atomic E-state index is 0.0313. The van der Waals surface area contributed by atoms with Crippen LogP contribution in [0.3, 0.4) is 0 Å². The minimum atomic E-state index is -3.79. The Labute approximate surface area is 140 Å². The molecule has 1 fully saturated rings. The summed E-state index contributed by atoms with van der Waals surface area (Å²) in [6.07, 6.45) is 0.278. The van der Waals surface area contributed by atoms with Crippen molar-refractivity contribution < 1.29 is 17.6 Å². The third kappa shape index (κ3) is 3.63. The first kappa shape index (κ1) is 16.6. The number of amides is 1. The lowest BCUT2D eigenvalue weighted by atomic mass is 10.1. The van der Waals surface area contributed by atoms with Crippen LogP contribution in [-0.2, 0) is 14.8 Å². The Morgan fingerprint density at radius 2 is 1.88 bits per heavy atom. The van der Waals surface area contributed by atoms with Crippen molar-refractivity contribution in [3.05, 3.63) is 60.4 Å². The van der Waals surface area contributed by atoms with E-state index in [4.69, 9.17) is 0 Å². The van der Waals surface area contributed by atoms with Gasteiger partial charge in [-0.15, -0.1) is 0 Å². The molecule has 126 valence electrons. The summed E-state index contributed by atoms with van der Waals surface area (Å²) in [5.41, 5.74) is 0.804. The van der Waals surface area contributed by atoms with Gasteiger partial charge in [-0.3, -0.25) is 4.79 Å². The molecule has 0 aromatic heterocycles. The number of carbonyl (C=O) groups is 1. The van der Waals surface area contributed by atoms with Gasteiger partial charge in [0, 0.05) is 25.2 Å². The molecule has 7 heteroatoms. The van der Waals surface area contributed by atoms with Crippen molar-refractivity contribution in [2.75, 3.05) is 18.0 Å². The summed E-state index contributed by atoms with van der Waals surface area (Å²) >= 11 is 0. The first-order chi connectivity index (χ1) is 11.5. The van der Waals surface area contributed by atoms with E-state index in [1.807, 2.05) is 30.3 Å². The van der Waals surface area contributed by atoms with E-state index < -0.39 is 15.8 Å². The Hall–Kier alpha value is -2.25. The first-order valence-electron chi connectivity index (χ1n) is 7.56. The van der Waals surface area contributed by atoms with E-state index in [0.717, 1.165) is 11.8 Å². The molecule has 1 heterocycles. The van der Waals surface area contributed by atoms with Crippen LogP contribution in [0.25, 0.3) is 0 Å². The zero-order valence-corrected chi connectivity index (χ0v) is 13.7. The number of sulfonamides is 1. The predicted octanol–water partition coefficient (Wildman–Crippen LogP) is 2.16. The summed E-state index contributed by atoms with van der Waals surface area (Å²) in [5, 5.41) is 0. The van der Waals surface area contributed by atoms with Gasteiger partial charge in [-0.05, 0) is 36.2 Å². The number of halogens is 1. The lowest BCUT2D eigenvalue weighted by Gasteiger charge is -2.17. The van der Waals surface area contributed by atoms with E-state index in [1.165, 1.54) is 18.2 Å². The van der Waals surface area contributed by atoms with E-state index in [0.29, 0.717) is 6.54 Å². The van der Waals surface area contributed by atoms with E-state index in [9.17, 15) is 17.6 Å². The van der Waals surface area contributed by atoms with Gasteiger partial charge in [0.15, 0.2) is 0 Å². The number of para-hydroxylation sites is 1. The highest BCUT2D eigenvalue weighted by atomic mass is 32.2. The Morgan fingerprint density at radius 3 is 2.58 bits per heavy atom. The summed E-state index contributed by atoms with van der Waals surface area (Å²) < 4.78 is 40.0. The molecule has 1 aliphatic rings. The van der Waals surface area contributed by atoms with E-state index in [1.54, 1.807) is 4.90 Å². The van der Waals surface area contributed by atoms with Gasteiger partial charge >= 0.3 is 0 Å². The molecule has 0 bridgehead atoms. The molecule has 5 nitrogen and oxygen atoms in total. The van der Waals surface area contributed by atoms with Gasteiger partial charge in [-0.2, -0.15) is 0 Å². The van der Waals surface area contributed by atoms with Crippen LogP contribution < -0.4 is 9.62 Å². The van der Waals surface area contributed by atoms with Gasteiger partial charge in [-0.25, -0.2) is 17.5 Å². The maximum absolute atomic E-state index is 13.2. The van der Waals surface area contributed by atoms with Crippen molar-refractivity contribution >= 4 is 21.6 Å². The number of nitrogens with one attached hydrogen (secondary N) is 1. The maximum Gasteiger partial charge on any atom is 0.240 e. The van der Waals surface area contributed by atoms with Crippen LogP contribution in [0.4, 0.5) is 10.1 Å². The largest absolute Gasteiger partial charge is 0.312 e. The monoisotopic (exact) mass is 348 g/mol. The van der Waals surface area contributed by atoms with Crippen molar-refractivity contribution in [3.63, 3.8) is 0 Å². The van der Waals surface area contributed by atoms with Crippen molar-refractivity contribution in [1.29, 1.82) is 0 Å². The summed E-state index contributed by atoms with van der Waals surface area (Å²) in [6.45, 7) is 0.586. The predicted molar refractivity (Wildman–Crippen MR) is 88.5 cm³/mol. The van der Waals surface area contributed by atoms with Gasteiger partial charge in [0.05, 0.1) is 4.90 Å². The molecule has 1 atom stereocenters. The normalized spacial score (nSPS) is 18.1.